The molecule has 0 atom stereocenters. The van der Waals surface area contributed by atoms with Crippen LogP contribution in [0.4, 0.5) is 0 Å². The first-order chi connectivity index (χ1) is 7.70. The molecule has 2 aliphatic carbocycles. The summed E-state index contributed by atoms with van der Waals surface area (Å²) in [5.41, 5.74) is 2.22. The van der Waals surface area contributed by atoms with Gasteiger partial charge in [-0.2, -0.15) is 0 Å². The highest BCUT2D eigenvalue weighted by atomic mass is 16.3. The third-order valence-electron chi connectivity index (χ3n) is 2.47. The Balaban J connectivity index is 0.000000125. The molecule has 0 aromatic heterocycles. The number of phenolic OH excluding ortho intramolecular Hbond substituents is 1. The lowest BCUT2D eigenvalue weighted by Crippen LogP contribution is -2.12. The molecule has 0 amide bonds. The van der Waals surface area contributed by atoms with Crippen molar-refractivity contribution < 1.29 is 9.90 Å². The van der Waals surface area contributed by atoms with Crippen LogP contribution in [0.2, 0.25) is 0 Å². The van der Waals surface area contributed by atoms with Crippen LogP contribution >= 0.6 is 0 Å². The molecule has 16 heavy (non-hydrogen) atoms. The van der Waals surface area contributed by atoms with Crippen LogP contribution in [0.1, 0.15) is 21.5 Å². The Hall–Kier alpha value is -2.09. The van der Waals surface area contributed by atoms with Crippen LogP contribution in [-0.2, 0) is 0 Å². The third kappa shape index (κ3) is 1.82. The van der Waals surface area contributed by atoms with E-state index in [1.165, 1.54) is 5.56 Å². The summed E-state index contributed by atoms with van der Waals surface area (Å²) >= 11 is 0. The first kappa shape index (κ1) is 10.4. The minimum absolute atomic E-state index is 0.0324. The fourth-order valence-electron chi connectivity index (χ4n) is 1.53. The maximum absolute atomic E-state index is 10.7. The van der Waals surface area contributed by atoms with E-state index >= 15 is 0 Å². The van der Waals surface area contributed by atoms with Gasteiger partial charge in [-0.3, -0.25) is 4.79 Å². The number of aromatic hydroxyl groups is 1. The average Bonchev–Trinajstić information content (AvgIpc) is 2.32. The zero-order valence-corrected chi connectivity index (χ0v) is 8.97. The summed E-state index contributed by atoms with van der Waals surface area (Å²) in [5.74, 6) is 0.123. The predicted octanol–water partition coefficient (Wildman–Crippen LogP) is 2.93. The van der Waals surface area contributed by atoms with Gasteiger partial charge in [0.2, 0.25) is 5.78 Å². The Morgan fingerprint density at radius 1 is 0.875 bits per heavy atom. The topological polar surface area (TPSA) is 37.3 Å². The predicted molar refractivity (Wildman–Crippen MR) is 62.7 cm³/mol. The number of phenols is 1. The van der Waals surface area contributed by atoms with E-state index in [0.29, 0.717) is 11.1 Å². The second-order valence-electron chi connectivity index (χ2n) is 3.69. The van der Waals surface area contributed by atoms with Gasteiger partial charge in [0.25, 0.3) is 0 Å². The number of hydrogen-bond donors (Lipinski definition) is 1. The van der Waals surface area contributed by atoms with Gasteiger partial charge in [0, 0.05) is 0 Å². The Kier molecular flexibility index (Phi) is 2.73. The van der Waals surface area contributed by atoms with Gasteiger partial charge in [0.15, 0.2) is 0 Å². The highest BCUT2D eigenvalue weighted by Crippen LogP contribution is 2.34. The molecule has 0 spiro atoms. The summed E-state index contributed by atoms with van der Waals surface area (Å²) in [4.78, 5) is 10.7. The van der Waals surface area contributed by atoms with Gasteiger partial charge in [0.1, 0.15) is 5.75 Å². The highest BCUT2D eigenvalue weighted by molar-refractivity contribution is 6.21. The van der Waals surface area contributed by atoms with Crippen LogP contribution in [0.15, 0.2) is 48.5 Å². The molecular weight excluding hydrogens is 200 g/mol. The van der Waals surface area contributed by atoms with Gasteiger partial charge in [-0.15, -0.1) is 0 Å². The van der Waals surface area contributed by atoms with E-state index in [0.717, 1.165) is 0 Å². The monoisotopic (exact) mass is 212 g/mol. The van der Waals surface area contributed by atoms with Gasteiger partial charge >= 0.3 is 0 Å². The van der Waals surface area contributed by atoms with Gasteiger partial charge in [0.05, 0.1) is 11.1 Å². The maximum Gasteiger partial charge on any atom is 0.200 e. The summed E-state index contributed by atoms with van der Waals surface area (Å²) in [7, 11) is 0. The third-order valence-corrected chi connectivity index (χ3v) is 2.47. The molecule has 80 valence electrons. The van der Waals surface area contributed by atoms with Gasteiger partial charge < -0.3 is 5.11 Å². The standard InChI is InChI=1S/C7H4O2.C7H8/c8-6-4-2-1-3-5(6)7(4)9;1-7-5-3-2-4-6-7/h1-3,8H;2-6H,1H3. The normalized spacial score (nSPS) is 11.2. The van der Waals surface area contributed by atoms with Gasteiger partial charge in [-0.25, -0.2) is 0 Å². The number of para-hydroxylation sites is 1. The molecule has 0 saturated heterocycles. The van der Waals surface area contributed by atoms with E-state index in [2.05, 4.69) is 19.1 Å². The second kappa shape index (κ2) is 4.19. The lowest BCUT2D eigenvalue weighted by Gasteiger charge is -2.15. The van der Waals surface area contributed by atoms with Crippen LogP contribution in [0, 0.1) is 6.92 Å². The number of ketones is 1. The molecule has 2 aromatic carbocycles. The molecule has 1 N–H and O–H groups in total. The largest absolute Gasteiger partial charge is 0.506 e. The minimum atomic E-state index is -0.0324. The van der Waals surface area contributed by atoms with Crippen molar-refractivity contribution in [2.24, 2.45) is 0 Å². The Morgan fingerprint density at radius 3 is 1.69 bits per heavy atom. The molecule has 2 heteroatoms. The van der Waals surface area contributed by atoms with E-state index in [1.807, 2.05) is 18.2 Å². The first-order valence-corrected chi connectivity index (χ1v) is 5.08. The number of carbonyl (C=O) groups excluding carboxylic acids is 1. The molecule has 2 nitrogen and oxygen atoms in total. The number of benzene rings is 2. The van der Waals surface area contributed by atoms with Crippen LogP contribution in [0.25, 0.3) is 0 Å². The Morgan fingerprint density at radius 2 is 1.44 bits per heavy atom. The molecule has 0 aliphatic heterocycles. The second-order valence-corrected chi connectivity index (χ2v) is 3.69. The number of hydrogen-bond acceptors (Lipinski definition) is 2. The Labute approximate surface area is 94.2 Å². The molecule has 0 radical (unpaired) electrons. The van der Waals surface area contributed by atoms with Crippen molar-refractivity contribution >= 4 is 5.78 Å². The van der Waals surface area contributed by atoms with Crippen molar-refractivity contribution in [3.8, 4) is 5.75 Å². The molecule has 0 heterocycles. The number of fused-ring (bicyclic) bond motifs is 2. The number of rotatable bonds is 0. The summed E-state index contributed by atoms with van der Waals surface area (Å²) in [6.07, 6.45) is 0. The summed E-state index contributed by atoms with van der Waals surface area (Å²) in [5, 5.41) is 8.94. The zero-order chi connectivity index (χ0) is 11.5. The molecule has 0 unspecified atom stereocenters. The smallest absolute Gasteiger partial charge is 0.200 e. The van der Waals surface area contributed by atoms with Crippen molar-refractivity contribution in [3.05, 3.63) is 65.2 Å². The van der Waals surface area contributed by atoms with E-state index in [1.54, 1.807) is 18.2 Å². The van der Waals surface area contributed by atoms with Crippen LogP contribution in [-0.4, -0.2) is 10.9 Å². The lowest BCUT2D eigenvalue weighted by molar-refractivity contribution is 0.101. The van der Waals surface area contributed by atoms with Crippen LogP contribution < -0.4 is 0 Å². The van der Waals surface area contributed by atoms with E-state index in [4.69, 9.17) is 5.11 Å². The van der Waals surface area contributed by atoms with Gasteiger partial charge in [-0.05, 0) is 19.1 Å². The highest BCUT2D eigenvalue weighted by Gasteiger charge is 2.27. The molecule has 4 rings (SSSR count). The molecule has 0 fully saturated rings. The number of aryl methyl sites for hydroxylation is 1. The van der Waals surface area contributed by atoms with Crippen molar-refractivity contribution in [1.82, 2.24) is 0 Å². The molecule has 2 aliphatic rings. The quantitative estimate of drug-likeness (QED) is 0.622. The fourth-order valence-corrected chi connectivity index (χ4v) is 1.53. The van der Waals surface area contributed by atoms with Crippen molar-refractivity contribution in [2.75, 3.05) is 0 Å². The molecular formula is C14H12O2. The fraction of sp³-hybridized carbons (Fsp3) is 0.0714. The van der Waals surface area contributed by atoms with Crippen LogP contribution in [0.3, 0.4) is 0 Å². The van der Waals surface area contributed by atoms with Crippen molar-refractivity contribution in [2.45, 2.75) is 6.92 Å². The van der Waals surface area contributed by atoms with Gasteiger partial charge in [-0.1, -0.05) is 42.0 Å². The maximum atomic E-state index is 10.7. The van der Waals surface area contributed by atoms with Crippen molar-refractivity contribution in [1.29, 1.82) is 0 Å². The van der Waals surface area contributed by atoms with E-state index in [9.17, 15) is 4.79 Å². The molecule has 0 saturated carbocycles. The average molecular weight is 212 g/mol. The van der Waals surface area contributed by atoms with Crippen molar-refractivity contribution in [3.63, 3.8) is 0 Å². The zero-order valence-electron chi connectivity index (χ0n) is 8.97. The Bertz CT molecular complexity index is 491. The lowest BCUT2D eigenvalue weighted by atomic mass is 9.90. The SMILES string of the molecule is Cc1ccccc1.O=C1c2cccc1c2O. The summed E-state index contributed by atoms with van der Waals surface area (Å²) in [6.45, 7) is 2.08. The molecule has 2 bridgehead atoms. The first-order valence-electron chi connectivity index (χ1n) is 5.08. The van der Waals surface area contributed by atoms with E-state index < -0.39 is 0 Å². The minimum Gasteiger partial charge on any atom is -0.506 e. The summed E-state index contributed by atoms with van der Waals surface area (Å²) in [6, 6.07) is 15.2. The van der Waals surface area contributed by atoms with E-state index in [-0.39, 0.29) is 11.5 Å². The number of carbonyl (C=O) groups is 1. The summed E-state index contributed by atoms with van der Waals surface area (Å²) < 4.78 is 0. The van der Waals surface area contributed by atoms with Crippen LogP contribution in [0.5, 0.6) is 5.75 Å². The molecule has 2 aromatic rings.